The quantitative estimate of drug-likeness (QED) is 0.555. The topological polar surface area (TPSA) is 52.6 Å². The molecule has 1 aromatic heterocycles. The molecule has 2 atom stereocenters. The molecule has 0 amide bonds. The van der Waals surface area contributed by atoms with Crippen LogP contribution in [0.25, 0.3) is 0 Å². The third-order valence-corrected chi connectivity index (χ3v) is 5.37. The highest BCUT2D eigenvalue weighted by molar-refractivity contribution is 5.79. The van der Waals surface area contributed by atoms with Gasteiger partial charge in [-0.1, -0.05) is 44.2 Å². The second-order valence-corrected chi connectivity index (χ2v) is 8.28. The third-order valence-electron chi connectivity index (χ3n) is 5.37. The molecule has 1 aromatic carbocycles. The van der Waals surface area contributed by atoms with Crippen molar-refractivity contribution < 1.29 is 0 Å². The van der Waals surface area contributed by atoms with Crippen LogP contribution in [0.4, 0.5) is 0 Å². The van der Waals surface area contributed by atoms with E-state index in [4.69, 9.17) is 4.99 Å². The van der Waals surface area contributed by atoms with Gasteiger partial charge >= 0.3 is 0 Å². The summed E-state index contributed by atoms with van der Waals surface area (Å²) in [6.45, 7) is 12.4. The molecule has 29 heavy (non-hydrogen) atoms. The Bertz CT molecular complexity index is 764. The van der Waals surface area contributed by atoms with Gasteiger partial charge in [0.1, 0.15) is 0 Å². The van der Waals surface area contributed by atoms with Crippen LogP contribution in [0, 0.1) is 11.8 Å². The van der Waals surface area contributed by atoms with Gasteiger partial charge < -0.3 is 10.6 Å². The first-order chi connectivity index (χ1) is 14.1. The minimum absolute atomic E-state index is 0.665. The predicted octanol–water partition coefficient (Wildman–Crippen LogP) is 3.81. The molecule has 0 spiro atoms. The standard InChI is InChI=1S/C24H35N5/c1-4-25-24(28-15-23-11-7-8-12-26-23)27-14-21-9-5-6-10-22(21)18-29-16-19(2)13-20(3)17-29/h5-12,19-20H,4,13-18H2,1-3H3,(H2,25,27,28). The molecule has 1 fully saturated rings. The number of piperidine rings is 1. The molecule has 5 nitrogen and oxygen atoms in total. The number of aliphatic imine (C=N–C) groups is 1. The zero-order valence-electron chi connectivity index (χ0n) is 18.1. The van der Waals surface area contributed by atoms with Crippen molar-refractivity contribution in [1.82, 2.24) is 20.5 Å². The van der Waals surface area contributed by atoms with Crippen molar-refractivity contribution in [3.8, 4) is 0 Å². The molecule has 0 bridgehead atoms. The molecule has 156 valence electrons. The van der Waals surface area contributed by atoms with Crippen molar-refractivity contribution in [3.63, 3.8) is 0 Å². The number of guanidine groups is 1. The number of nitrogens with zero attached hydrogens (tertiary/aromatic N) is 3. The first-order valence-corrected chi connectivity index (χ1v) is 10.8. The number of pyridine rings is 1. The third kappa shape index (κ3) is 6.86. The molecule has 0 radical (unpaired) electrons. The van der Waals surface area contributed by atoms with Crippen LogP contribution in [0.1, 0.15) is 44.0 Å². The molecule has 1 aliphatic heterocycles. The van der Waals surface area contributed by atoms with E-state index in [2.05, 4.69) is 65.6 Å². The summed E-state index contributed by atoms with van der Waals surface area (Å²) in [4.78, 5) is 11.8. The fourth-order valence-electron chi connectivity index (χ4n) is 4.21. The Morgan fingerprint density at radius 1 is 1.03 bits per heavy atom. The molecule has 2 N–H and O–H groups in total. The molecular formula is C24H35N5. The summed E-state index contributed by atoms with van der Waals surface area (Å²) < 4.78 is 0. The van der Waals surface area contributed by atoms with Crippen LogP contribution in [-0.4, -0.2) is 35.5 Å². The molecule has 2 heterocycles. The predicted molar refractivity (Wildman–Crippen MR) is 121 cm³/mol. The fraction of sp³-hybridized carbons (Fsp3) is 0.500. The van der Waals surface area contributed by atoms with Gasteiger partial charge in [0, 0.05) is 32.4 Å². The number of benzene rings is 1. The van der Waals surface area contributed by atoms with Crippen LogP contribution < -0.4 is 10.6 Å². The van der Waals surface area contributed by atoms with E-state index in [9.17, 15) is 0 Å². The maximum absolute atomic E-state index is 4.83. The maximum atomic E-state index is 4.83. The van der Waals surface area contributed by atoms with E-state index in [1.807, 2.05) is 24.4 Å². The van der Waals surface area contributed by atoms with Crippen LogP contribution in [0.5, 0.6) is 0 Å². The fourth-order valence-corrected chi connectivity index (χ4v) is 4.21. The van der Waals surface area contributed by atoms with Crippen molar-refractivity contribution in [3.05, 3.63) is 65.5 Å². The van der Waals surface area contributed by atoms with Crippen LogP contribution in [-0.2, 0) is 19.6 Å². The molecule has 0 saturated carbocycles. The zero-order chi connectivity index (χ0) is 20.5. The van der Waals surface area contributed by atoms with E-state index in [-0.39, 0.29) is 0 Å². The zero-order valence-corrected chi connectivity index (χ0v) is 18.1. The lowest BCUT2D eigenvalue weighted by Gasteiger charge is -2.35. The Labute approximate surface area is 175 Å². The molecule has 1 saturated heterocycles. The van der Waals surface area contributed by atoms with E-state index < -0.39 is 0 Å². The lowest BCUT2D eigenvalue weighted by molar-refractivity contribution is 0.134. The largest absolute Gasteiger partial charge is 0.357 e. The highest BCUT2D eigenvalue weighted by Crippen LogP contribution is 2.23. The summed E-state index contributed by atoms with van der Waals surface area (Å²) in [5.74, 6) is 2.38. The lowest BCUT2D eigenvalue weighted by atomic mass is 9.91. The van der Waals surface area contributed by atoms with E-state index in [0.717, 1.165) is 36.6 Å². The summed E-state index contributed by atoms with van der Waals surface area (Å²) in [6.07, 6.45) is 3.16. The Kier molecular flexibility index (Phi) is 8.05. The Morgan fingerprint density at radius 3 is 2.45 bits per heavy atom. The van der Waals surface area contributed by atoms with Gasteiger partial charge in [0.2, 0.25) is 0 Å². The first-order valence-electron chi connectivity index (χ1n) is 10.8. The van der Waals surface area contributed by atoms with Crippen LogP contribution in [0.2, 0.25) is 0 Å². The second kappa shape index (κ2) is 11.0. The Morgan fingerprint density at radius 2 is 1.76 bits per heavy atom. The van der Waals surface area contributed by atoms with Crippen molar-refractivity contribution in [2.24, 2.45) is 16.8 Å². The number of nitrogens with one attached hydrogen (secondary N) is 2. The maximum Gasteiger partial charge on any atom is 0.191 e. The molecule has 1 aliphatic rings. The van der Waals surface area contributed by atoms with Gasteiger partial charge in [-0.3, -0.25) is 9.88 Å². The second-order valence-electron chi connectivity index (χ2n) is 8.28. The normalized spacial score (nSPS) is 20.4. The average molecular weight is 394 g/mol. The number of rotatable bonds is 7. The van der Waals surface area contributed by atoms with Gasteiger partial charge in [0.25, 0.3) is 0 Å². The number of hydrogen-bond donors (Lipinski definition) is 2. The number of likely N-dealkylation sites (tertiary alicyclic amines) is 1. The minimum atomic E-state index is 0.665. The van der Waals surface area contributed by atoms with Gasteiger partial charge in [-0.2, -0.15) is 0 Å². The van der Waals surface area contributed by atoms with Gasteiger partial charge in [0.05, 0.1) is 18.8 Å². The average Bonchev–Trinajstić information content (AvgIpc) is 2.71. The highest BCUT2D eigenvalue weighted by atomic mass is 15.2. The monoisotopic (exact) mass is 393 g/mol. The van der Waals surface area contributed by atoms with E-state index >= 15 is 0 Å². The highest BCUT2D eigenvalue weighted by Gasteiger charge is 2.22. The molecule has 2 unspecified atom stereocenters. The summed E-state index contributed by atoms with van der Waals surface area (Å²) in [6, 6.07) is 14.7. The summed E-state index contributed by atoms with van der Waals surface area (Å²) in [5, 5.41) is 6.72. The van der Waals surface area contributed by atoms with Gasteiger partial charge in [-0.15, -0.1) is 0 Å². The molecule has 2 aromatic rings. The van der Waals surface area contributed by atoms with Crippen LogP contribution in [0.15, 0.2) is 53.7 Å². The van der Waals surface area contributed by atoms with Crippen molar-refractivity contribution in [2.45, 2.75) is 46.8 Å². The van der Waals surface area contributed by atoms with Crippen LogP contribution >= 0.6 is 0 Å². The summed E-state index contributed by atoms with van der Waals surface area (Å²) in [5.41, 5.74) is 3.69. The van der Waals surface area contributed by atoms with Crippen molar-refractivity contribution >= 4 is 5.96 Å². The Hall–Kier alpha value is -2.40. The SMILES string of the molecule is CCNC(=NCc1ccccc1CN1CC(C)CC(C)C1)NCc1ccccn1. The first kappa shape index (κ1) is 21.3. The number of aromatic nitrogens is 1. The van der Waals surface area contributed by atoms with Gasteiger partial charge in [0.15, 0.2) is 5.96 Å². The van der Waals surface area contributed by atoms with Crippen molar-refractivity contribution in [2.75, 3.05) is 19.6 Å². The van der Waals surface area contributed by atoms with E-state index in [1.54, 1.807) is 0 Å². The van der Waals surface area contributed by atoms with Gasteiger partial charge in [-0.25, -0.2) is 4.99 Å². The van der Waals surface area contributed by atoms with Crippen molar-refractivity contribution in [1.29, 1.82) is 0 Å². The summed E-state index contributed by atoms with van der Waals surface area (Å²) >= 11 is 0. The number of hydrogen-bond acceptors (Lipinski definition) is 3. The van der Waals surface area contributed by atoms with Crippen LogP contribution in [0.3, 0.4) is 0 Å². The molecule has 0 aliphatic carbocycles. The summed E-state index contributed by atoms with van der Waals surface area (Å²) in [7, 11) is 0. The van der Waals surface area contributed by atoms with Gasteiger partial charge in [-0.05, 0) is 48.4 Å². The Balaban J connectivity index is 1.64. The van der Waals surface area contributed by atoms with E-state index in [0.29, 0.717) is 13.1 Å². The molecule has 5 heteroatoms. The van der Waals surface area contributed by atoms with E-state index in [1.165, 1.54) is 30.6 Å². The lowest BCUT2D eigenvalue weighted by Crippen LogP contribution is -2.38. The molecule has 3 rings (SSSR count). The smallest absolute Gasteiger partial charge is 0.191 e. The molecular weight excluding hydrogens is 358 g/mol. The minimum Gasteiger partial charge on any atom is -0.357 e.